The molecular formula is C12H15NO4. The van der Waals surface area contributed by atoms with Crippen molar-refractivity contribution in [2.75, 3.05) is 13.1 Å². The Bertz CT molecular complexity index is 397. The van der Waals surface area contributed by atoms with Gasteiger partial charge in [0.2, 0.25) is 0 Å². The number of amides is 1. The zero-order valence-electron chi connectivity index (χ0n) is 9.54. The lowest BCUT2D eigenvalue weighted by Gasteiger charge is -2.37. The number of carbonyl (C=O) groups excluding carboxylic acids is 1. The maximum atomic E-state index is 11.8. The molecule has 1 aliphatic rings. The molecule has 1 aromatic carbocycles. The quantitative estimate of drug-likeness (QED) is 0.796. The molecule has 2 N–H and O–H groups in total. The monoisotopic (exact) mass is 237 g/mol. The molecule has 0 saturated carbocycles. The van der Waals surface area contributed by atoms with E-state index in [0.717, 1.165) is 0 Å². The fraction of sp³-hybridized carbons (Fsp3) is 0.417. The zero-order chi connectivity index (χ0) is 12.4. The molecule has 1 atom stereocenters. The predicted octanol–water partition coefficient (Wildman–Crippen LogP) is 0.363. The second-order valence-corrected chi connectivity index (χ2v) is 4.15. The number of β-amino-alcohol motifs (C(OH)–C–C–N with tert-alkyl or cyclic N) is 1. The lowest BCUT2D eigenvalue weighted by molar-refractivity contribution is -0.148. The minimum absolute atomic E-state index is 0.136. The number of likely N-dealkylation sites (tertiary alicyclic amines) is 1. The first-order valence-electron chi connectivity index (χ1n) is 5.49. The highest BCUT2D eigenvalue weighted by Gasteiger charge is 2.32. The van der Waals surface area contributed by atoms with Crippen LogP contribution in [0.15, 0.2) is 24.3 Å². The van der Waals surface area contributed by atoms with Crippen molar-refractivity contribution in [3.05, 3.63) is 24.3 Å². The van der Waals surface area contributed by atoms with Crippen LogP contribution in [0.2, 0.25) is 0 Å². The number of hydrogen-bond acceptors (Lipinski definition) is 4. The van der Waals surface area contributed by atoms with E-state index >= 15 is 0 Å². The van der Waals surface area contributed by atoms with E-state index in [9.17, 15) is 4.79 Å². The fourth-order valence-corrected chi connectivity index (χ4v) is 1.67. The zero-order valence-corrected chi connectivity index (χ0v) is 9.54. The van der Waals surface area contributed by atoms with E-state index in [1.165, 1.54) is 12.1 Å². The van der Waals surface area contributed by atoms with Gasteiger partial charge in [-0.2, -0.15) is 0 Å². The summed E-state index contributed by atoms with van der Waals surface area (Å²) in [5.74, 6) is 0.551. The number of phenolic OH excluding ortho intramolecular Hbond substituents is 1. The summed E-state index contributed by atoms with van der Waals surface area (Å²) in [6.07, 6.45) is -0.994. The van der Waals surface area contributed by atoms with Crippen LogP contribution in [0, 0.1) is 0 Å². The van der Waals surface area contributed by atoms with Gasteiger partial charge in [0.05, 0.1) is 6.10 Å². The predicted molar refractivity (Wildman–Crippen MR) is 60.8 cm³/mol. The molecule has 1 unspecified atom stereocenters. The van der Waals surface area contributed by atoms with Crippen molar-refractivity contribution in [1.82, 2.24) is 4.90 Å². The number of carbonyl (C=O) groups is 1. The number of ether oxygens (including phenoxy) is 1. The fourth-order valence-electron chi connectivity index (χ4n) is 1.67. The van der Waals surface area contributed by atoms with Gasteiger partial charge in [0.15, 0.2) is 6.10 Å². The van der Waals surface area contributed by atoms with Crippen molar-refractivity contribution < 1.29 is 19.7 Å². The van der Waals surface area contributed by atoms with Gasteiger partial charge < -0.3 is 19.8 Å². The molecule has 17 heavy (non-hydrogen) atoms. The summed E-state index contributed by atoms with van der Waals surface area (Å²) in [5.41, 5.74) is 0. The molecular weight excluding hydrogens is 222 g/mol. The topological polar surface area (TPSA) is 70.0 Å². The van der Waals surface area contributed by atoms with E-state index in [4.69, 9.17) is 14.9 Å². The van der Waals surface area contributed by atoms with Crippen molar-refractivity contribution in [1.29, 1.82) is 0 Å². The number of aliphatic hydroxyl groups excluding tert-OH is 1. The number of phenols is 1. The Morgan fingerprint density at radius 3 is 2.53 bits per heavy atom. The van der Waals surface area contributed by atoms with Gasteiger partial charge in [-0.05, 0) is 31.2 Å². The van der Waals surface area contributed by atoms with Gasteiger partial charge in [-0.1, -0.05) is 0 Å². The summed E-state index contributed by atoms with van der Waals surface area (Å²) >= 11 is 0. The van der Waals surface area contributed by atoms with Crippen LogP contribution in [-0.4, -0.2) is 46.3 Å². The van der Waals surface area contributed by atoms with Gasteiger partial charge in [-0.3, -0.25) is 4.79 Å². The highest BCUT2D eigenvalue weighted by Crippen LogP contribution is 2.18. The van der Waals surface area contributed by atoms with Crippen molar-refractivity contribution in [2.24, 2.45) is 0 Å². The number of aromatic hydroxyl groups is 1. The Balaban J connectivity index is 1.90. The van der Waals surface area contributed by atoms with Crippen LogP contribution in [0.4, 0.5) is 0 Å². The van der Waals surface area contributed by atoms with Crippen molar-refractivity contribution in [3.63, 3.8) is 0 Å². The van der Waals surface area contributed by atoms with Crippen LogP contribution in [0.25, 0.3) is 0 Å². The third kappa shape index (κ3) is 2.68. The number of hydrogen-bond donors (Lipinski definition) is 2. The molecule has 92 valence electrons. The third-order valence-corrected chi connectivity index (χ3v) is 2.67. The van der Waals surface area contributed by atoms with E-state index in [1.807, 2.05) is 0 Å². The summed E-state index contributed by atoms with van der Waals surface area (Å²) < 4.78 is 5.44. The first-order valence-corrected chi connectivity index (χ1v) is 5.49. The van der Waals surface area contributed by atoms with Gasteiger partial charge in [-0.25, -0.2) is 0 Å². The molecule has 1 amide bonds. The summed E-state index contributed by atoms with van der Waals surface area (Å²) in [6.45, 7) is 2.42. The van der Waals surface area contributed by atoms with Gasteiger partial charge in [0.1, 0.15) is 11.5 Å². The van der Waals surface area contributed by atoms with E-state index in [0.29, 0.717) is 18.8 Å². The van der Waals surface area contributed by atoms with E-state index in [-0.39, 0.29) is 11.7 Å². The molecule has 0 spiro atoms. The first kappa shape index (κ1) is 11.7. The van der Waals surface area contributed by atoms with Gasteiger partial charge in [0.25, 0.3) is 5.91 Å². The Kier molecular flexibility index (Phi) is 3.19. The maximum absolute atomic E-state index is 11.8. The summed E-state index contributed by atoms with van der Waals surface area (Å²) in [6, 6.07) is 6.20. The molecule has 1 fully saturated rings. The molecule has 0 radical (unpaired) electrons. The molecule has 5 heteroatoms. The molecule has 1 saturated heterocycles. The van der Waals surface area contributed by atoms with Crippen molar-refractivity contribution in [2.45, 2.75) is 19.1 Å². The normalized spacial score (nSPS) is 17.4. The van der Waals surface area contributed by atoms with Crippen LogP contribution < -0.4 is 4.74 Å². The Labute approximate surface area is 99.2 Å². The molecule has 1 aromatic rings. The Hall–Kier alpha value is -1.75. The first-order chi connectivity index (χ1) is 8.06. The molecule has 0 aliphatic carbocycles. The Morgan fingerprint density at radius 1 is 1.41 bits per heavy atom. The number of benzene rings is 1. The van der Waals surface area contributed by atoms with E-state index in [1.54, 1.807) is 24.0 Å². The number of rotatable bonds is 3. The van der Waals surface area contributed by atoms with Crippen LogP contribution in [0.1, 0.15) is 6.92 Å². The number of nitrogens with zero attached hydrogens (tertiary/aromatic N) is 1. The smallest absolute Gasteiger partial charge is 0.263 e. The molecule has 1 heterocycles. The molecule has 1 aliphatic heterocycles. The SMILES string of the molecule is CC(Oc1ccc(O)cc1)C(=O)N1CC(O)C1. The van der Waals surface area contributed by atoms with Crippen LogP contribution >= 0.6 is 0 Å². The largest absolute Gasteiger partial charge is 0.508 e. The van der Waals surface area contributed by atoms with Crippen LogP contribution in [0.3, 0.4) is 0 Å². The second kappa shape index (κ2) is 4.63. The van der Waals surface area contributed by atoms with E-state index < -0.39 is 12.2 Å². The van der Waals surface area contributed by atoms with Crippen molar-refractivity contribution >= 4 is 5.91 Å². The second-order valence-electron chi connectivity index (χ2n) is 4.15. The average molecular weight is 237 g/mol. The number of aliphatic hydroxyl groups is 1. The minimum atomic E-state index is -0.591. The van der Waals surface area contributed by atoms with Crippen LogP contribution in [0.5, 0.6) is 11.5 Å². The molecule has 5 nitrogen and oxygen atoms in total. The van der Waals surface area contributed by atoms with Crippen molar-refractivity contribution in [3.8, 4) is 11.5 Å². The third-order valence-electron chi connectivity index (χ3n) is 2.67. The lowest BCUT2D eigenvalue weighted by Crippen LogP contribution is -2.56. The molecule has 0 aromatic heterocycles. The lowest BCUT2D eigenvalue weighted by atomic mass is 10.1. The molecule has 0 bridgehead atoms. The Morgan fingerprint density at radius 2 is 2.00 bits per heavy atom. The van der Waals surface area contributed by atoms with E-state index in [2.05, 4.69) is 0 Å². The highest BCUT2D eigenvalue weighted by molar-refractivity contribution is 5.81. The minimum Gasteiger partial charge on any atom is -0.508 e. The summed E-state index contributed by atoms with van der Waals surface area (Å²) in [7, 11) is 0. The molecule has 2 rings (SSSR count). The average Bonchev–Trinajstić information content (AvgIpc) is 2.27. The van der Waals surface area contributed by atoms with Gasteiger partial charge in [-0.15, -0.1) is 0 Å². The summed E-state index contributed by atoms with van der Waals surface area (Å²) in [4.78, 5) is 13.3. The van der Waals surface area contributed by atoms with Gasteiger partial charge >= 0.3 is 0 Å². The highest BCUT2D eigenvalue weighted by atomic mass is 16.5. The van der Waals surface area contributed by atoms with Gasteiger partial charge in [0, 0.05) is 13.1 Å². The van der Waals surface area contributed by atoms with Crippen LogP contribution in [-0.2, 0) is 4.79 Å². The summed E-state index contributed by atoms with van der Waals surface area (Å²) in [5, 5.41) is 18.2. The maximum Gasteiger partial charge on any atom is 0.263 e. The standard InChI is InChI=1S/C12H15NO4/c1-8(12(16)13-6-10(15)7-13)17-11-4-2-9(14)3-5-11/h2-5,8,10,14-15H,6-7H2,1H3.